The summed E-state index contributed by atoms with van der Waals surface area (Å²) in [6.07, 6.45) is 0.850. The van der Waals surface area contributed by atoms with Gasteiger partial charge in [0, 0.05) is 23.5 Å². The summed E-state index contributed by atoms with van der Waals surface area (Å²) in [5, 5.41) is 6.15. The number of aromatic nitrogens is 2. The lowest BCUT2D eigenvalue weighted by Crippen LogP contribution is -2.13. The highest BCUT2D eigenvalue weighted by Crippen LogP contribution is 2.26. The van der Waals surface area contributed by atoms with Crippen LogP contribution < -0.4 is 16.3 Å². The van der Waals surface area contributed by atoms with Gasteiger partial charge < -0.3 is 20.6 Å². The first kappa shape index (κ1) is 12.7. The van der Waals surface area contributed by atoms with Gasteiger partial charge in [0.05, 0.1) is 11.0 Å². The average Bonchev–Trinajstić information content (AvgIpc) is 3.11. The molecule has 0 unspecified atom stereocenters. The summed E-state index contributed by atoms with van der Waals surface area (Å²) < 4.78 is 0. The van der Waals surface area contributed by atoms with E-state index in [1.807, 2.05) is 18.2 Å². The molecule has 1 aliphatic heterocycles. The molecule has 0 atom stereocenters. The normalized spacial score (nSPS) is 12.9. The molecule has 22 heavy (non-hydrogen) atoms. The van der Waals surface area contributed by atoms with E-state index in [-0.39, 0.29) is 11.6 Å². The molecule has 1 amide bonds. The van der Waals surface area contributed by atoms with E-state index >= 15 is 0 Å². The summed E-state index contributed by atoms with van der Waals surface area (Å²) in [4.78, 5) is 29.1. The third-order valence-electron chi connectivity index (χ3n) is 3.88. The molecule has 1 aromatic heterocycles. The Morgan fingerprint density at radius 1 is 1.09 bits per heavy atom. The molecule has 0 spiro atoms. The quantitative estimate of drug-likeness (QED) is 0.583. The number of hydrogen-bond acceptors (Lipinski definition) is 3. The Kier molecular flexibility index (Phi) is 2.75. The van der Waals surface area contributed by atoms with Crippen molar-refractivity contribution in [1.82, 2.24) is 9.97 Å². The van der Waals surface area contributed by atoms with Gasteiger partial charge in [-0.2, -0.15) is 0 Å². The lowest BCUT2D eigenvalue weighted by Gasteiger charge is -2.09. The second-order valence-electron chi connectivity index (χ2n) is 5.30. The fraction of sp³-hybridized carbons (Fsp3) is 0.125. The summed E-state index contributed by atoms with van der Waals surface area (Å²) in [5.74, 6) is -0.141. The number of H-pyrrole nitrogens is 2. The Morgan fingerprint density at radius 3 is 2.86 bits per heavy atom. The van der Waals surface area contributed by atoms with Crippen molar-refractivity contribution in [1.29, 1.82) is 0 Å². The van der Waals surface area contributed by atoms with Crippen molar-refractivity contribution >= 4 is 28.3 Å². The zero-order valence-electron chi connectivity index (χ0n) is 11.7. The fourth-order valence-corrected chi connectivity index (χ4v) is 2.87. The van der Waals surface area contributed by atoms with E-state index in [0.717, 1.165) is 24.2 Å². The number of anilines is 2. The number of nitrogens with one attached hydrogen (secondary N) is 4. The first-order chi connectivity index (χ1) is 10.7. The summed E-state index contributed by atoms with van der Waals surface area (Å²) in [6.45, 7) is 0.857. The number of benzene rings is 2. The SMILES string of the molecule is O=C(Nc1ccc2[nH]c(=O)[nH]c2c1)c1cccc2c1CCN2. The van der Waals surface area contributed by atoms with Crippen molar-refractivity contribution in [2.45, 2.75) is 6.42 Å². The minimum absolute atomic E-state index is 0.141. The van der Waals surface area contributed by atoms with Crippen LogP contribution in [-0.2, 0) is 6.42 Å². The highest BCUT2D eigenvalue weighted by atomic mass is 16.2. The lowest BCUT2D eigenvalue weighted by molar-refractivity contribution is 0.102. The highest BCUT2D eigenvalue weighted by molar-refractivity contribution is 6.07. The molecule has 2 aromatic carbocycles. The van der Waals surface area contributed by atoms with Gasteiger partial charge in [0.25, 0.3) is 5.91 Å². The minimum Gasteiger partial charge on any atom is -0.384 e. The largest absolute Gasteiger partial charge is 0.384 e. The van der Waals surface area contributed by atoms with Gasteiger partial charge in [-0.3, -0.25) is 4.79 Å². The number of carbonyl (C=O) groups excluding carboxylic acids is 1. The monoisotopic (exact) mass is 294 g/mol. The molecular weight excluding hydrogens is 280 g/mol. The molecule has 4 N–H and O–H groups in total. The highest BCUT2D eigenvalue weighted by Gasteiger charge is 2.18. The molecule has 0 fully saturated rings. The zero-order chi connectivity index (χ0) is 15.1. The van der Waals surface area contributed by atoms with E-state index in [9.17, 15) is 9.59 Å². The van der Waals surface area contributed by atoms with Crippen molar-refractivity contribution in [2.75, 3.05) is 17.2 Å². The third kappa shape index (κ3) is 2.05. The van der Waals surface area contributed by atoms with Crippen LogP contribution >= 0.6 is 0 Å². The first-order valence-corrected chi connectivity index (χ1v) is 7.10. The molecule has 6 heteroatoms. The molecule has 2 heterocycles. The van der Waals surface area contributed by atoms with Gasteiger partial charge in [-0.15, -0.1) is 0 Å². The van der Waals surface area contributed by atoms with E-state index in [4.69, 9.17) is 0 Å². The van der Waals surface area contributed by atoms with Crippen molar-refractivity contribution in [2.24, 2.45) is 0 Å². The predicted molar refractivity (Wildman–Crippen MR) is 85.5 cm³/mol. The van der Waals surface area contributed by atoms with Crippen LogP contribution in [0.25, 0.3) is 11.0 Å². The summed E-state index contributed by atoms with van der Waals surface area (Å²) in [7, 11) is 0. The van der Waals surface area contributed by atoms with E-state index < -0.39 is 0 Å². The Hall–Kier alpha value is -3.02. The second kappa shape index (κ2) is 4.77. The number of hydrogen-bond donors (Lipinski definition) is 4. The van der Waals surface area contributed by atoms with Crippen LogP contribution in [0.2, 0.25) is 0 Å². The van der Waals surface area contributed by atoms with Gasteiger partial charge in [0.15, 0.2) is 0 Å². The van der Waals surface area contributed by atoms with Crippen LogP contribution in [0.5, 0.6) is 0 Å². The van der Waals surface area contributed by atoms with Gasteiger partial charge in [-0.25, -0.2) is 4.79 Å². The molecular formula is C16H14N4O2. The molecule has 110 valence electrons. The van der Waals surface area contributed by atoms with Crippen molar-refractivity contribution < 1.29 is 4.79 Å². The number of amides is 1. The maximum absolute atomic E-state index is 12.5. The van der Waals surface area contributed by atoms with Gasteiger partial charge in [0.1, 0.15) is 0 Å². The third-order valence-corrected chi connectivity index (χ3v) is 3.88. The molecule has 0 aliphatic carbocycles. The maximum atomic E-state index is 12.5. The molecule has 0 saturated carbocycles. The molecule has 6 nitrogen and oxygen atoms in total. The Balaban J connectivity index is 1.66. The summed E-state index contributed by atoms with van der Waals surface area (Å²) >= 11 is 0. The van der Waals surface area contributed by atoms with Crippen molar-refractivity contribution in [3.63, 3.8) is 0 Å². The molecule has 0 radical (unpaired) electrons. The van der Waals surface area contributed by atoms with Crippen LogP contribution in [0, 0.1) is 0 Å². The smallest absolute Gasteiger partial charge is 0.323 e. The first-order valence-electron chi connectivity index (χ1n) is 7.10. The lowest BCUT2D eigenvalue weighted by atomic mass is 10.0. The maximum Gasteiger partial charge on any atom is 0.323 e. The van der Waals surface area contributed by atoms with Crippen LogP contribution in [0.3, 0.4) is 0 Å². The fourth-order valence-electron chi connectivity index (χ4n) is 2.87. The van der Waals surface area contributed by atoms with Gasteiger partial charge in [-0.1, -0.05) is 6.07 Å². The van der Waals surface area contributed by atoms with E-state index in [2.05, 4.69) is 20.6 Å². The minimum atomic E-state index is -0.259. The van der Waals surface area contributed by atoms with Crippen LogP contribution in [0.4, 0.5) is 11.4 Å². The Labute approximate surface area is 125 Å². The van der Waals surface area contributed by atoms with Gasteiger partial charge >= 0.3 is 5.69 Å². The van der Waals surface area contributed by atoms with Crippen LogP contribution in [0.15, 0.2) is 41.2 Å². The van der Waals surface area contributed by atoms with Crippen LogP contribution in [-0.4, -0.2) is 22.4 Å². The summed E-state index contributed by atoms with van der Waals surface area (Å²) in [5.41, 5.74) is 4.54. The van der Waals surface area contributed by atoms with Crippen LogP contribution in [0.1, 0.15) is 15.9 Å². The predicted octanol–water partition coefficient (Wildman–Crippen LogP) is 2.08. The Bertz CT molecular complexity index is 939. The number of carbonyl (C=O) groups is 1. The number of rotatable bonds is 2. The topological polar surface area (TPSA) is 89.8 Å². The standard InChI is InChI=1S/C16H14N4O2/c21-15(11-2-1-3-12-10(11)6-7-17-12)18-9-4-5-13-14(8-9)20-16(22)19-13/h1-5,8,17H,6-7H2,(H,18,21)(H2,19,20,22). The molecule has 0 saturated heterocycles. The molecule has 4 rings (SSSR count). The van der Waals surface area contributed by atoms with E-state index in [1.165, 1.54) is 0 Å². The number of aromatic amines is 2. The van der Waals surface area contributed by atoms with Crippen molar-refractivity contribution in [3.8, 4) is 0 Å². The zero-order valence-corrected chi connectivity index (χ0v) is 11.7. The number of fused-ring (bicyclic) bond motifs is 2. The van der Waals surface area contributed by atoms with Gasteiger partial charge in [-0.05, 0) is 42.3 Å². The number of imidazole rings is 1. The average molecular weight is 294 g/mol. The molecule has 3 aromatic rings. The Morgan fingerprint density at radius 2 is 1.95 bits per heavy atom. The second-order valence-corrected chi connectivity index (χ2v) is 5.30. The molecule has 0 bridgehead atoms. The van der Waals surface area contributed by atoms with Crippen molar-refractivity contribution in [3.05, 3.63) is 58.0 Å². The van der Waals surface area contributed by atoms with E-state index in [1.54, 1.807) is 18.2 Å². The summed E-state index contributed by atoms with van der Waals surface area (Å²) in [6, 6.07) is 11.0. The van der Waals surface area contributed by atoms with E-state index in [0.29, 0.717) is 22.3 Å². The van der Waals surface area contributed by atoms with Gasteiger partial charge in [0.2, 0.25) is 0 Å². The molecule has 1 aliphatic rings.